The molecule has 2 aromatic rings. The summed E-state index contributed by atoms with van der Waals surface area (Å²) < 4.78 is 2.02. The second-order valence-corrected chi connectivity index (χ2v) is 6.06. The first-order chi connectivity index (χ1) is 10.7. The molecule has 0 aliphatic carbocycles. The molecule has 0 aromatic carbocycles. The van der Waals surface area contributed by atoms with Crippen molar-refractivity contribution in [2.45, 2.75) is 59.7 Å². The molecule has 0 N–H and O–H groups in total. The van der Waals surface area contributed by atoms with Crippen LogP contribution in [0.2, 0.25) is 0 Å². The van der Waals surface area contributed by atoms with Crippen molar-refractivity contribution in [3.63, 3.8) is 0 Å². The standard InChI is InChI=1S/C17H25N5/c1-4-6-17-18-9-14-10-21(8-7-16(14)19-17)11-15-12-22(5-2)20-13(15)3/h9,12H,4-8,10-11H2,1-3H3. The van der Waals surface area contributed by atoms with Crippen LogP contribution in [-0.2, 0) is 32.5 Å². The van der Waals surface area contributed by atoms with Crippen molar-refractivity contribution < 1.29 is 0 Å². The fraction of sp³-hybridized carbons (Fsp3) is 0.588. The molecule has 0 radical (unpaired) electrons. The zero-order valence-corrected chi connectivity index (χ0v) is 13.8. The highest BCUT2D eigenvalue weighted by atomic mass is 15.3. The Labute approximate surface area is 132 Å². The van der Waals surface area contributed by atoms with Gasteiger partial charge in [0.1, 0.15) is 5.82 Å². The maximum absolute atomic E-state index is 4.73. The molecule has 0 unspecified atom stereocenters. The van der Waals surface area contributed by atoms with Crippen molar-refractivity contribution >= 4 is 0 Å². The van der Waals surface area contributed by atoms with Gasteiger partial charge in [0.2, 0.25) is 0 Å². The summed E-state index contributed by atoms with van der Waals surface area (Å²) in [7, 11) is 0. The van der Waals surface area contributed by atoms with Crippen molar-refractivity contribution in [1.82, 2.24) is 24.6 Å². The molecule has 5 heteroatoms. The van der Waals surface area contributed by atoms with Crippen LogP contribution >= 0.6 is 0 Å². The summed E-state index contributed by atoms with van der Waals surface area (Å²) in [5.41, 5.74) is 5.00. The van der Waals surface area contributed by atoms with Crippen molar-refractivity contribution in [3.05, 3.63) is 40.7 Å². The van der Waals surface area contributed by atoms with Crippen LogP contribution in [-0.4, -0.2) is 31.2 Å². The zero-order valence-electron chi connectivity index (χ0n) is 13.8. The maximum Gasteiger partial charge on any atom is 0.128 e. The Morgan fingerprint density at radius 3 is 2.86 bits per heavy atom. The minimum Gasteiger partial charge on any atom is -0.294 e. The lowest BCUT2D eigenvalue weighted by Crippen LogP contribution is -2.31. The average molecular weight is 299 g/mol. The van der Waals surface area contributed by atoms with Crippen LogP contribution in [0.15, 0.2) is 12.4 Å². The molecule has 0 atom stereocenters. The summed E-state index contributed by atoms with van der Waals surface area (Å²) in [6.45, 7) is 10.3. The number of aromatic nitrogens is 4. The van der Waals surface area contributed by atoms with Crippen molar-refractivity contribution in [2.24, 2.45) is 0 Å². The number of nitrogens with zero attached hydrogens (tertiary/aromatic N) is 5. The quantitative estimate of drug-likeness (QED) is 0.851. The lowest BCUT2D eigenvalue weighted by Gasteiger charge is -2.27. The lowest BCUT2D eigenvalue weighted by molar-refractivity contribution is 0.242. The van der Waals surface area contributed by atoms with Crippen LogP contribution in [0, 0.1) is 6.92 Å². The van der Waals surface area contributed by atoms with Gasteiger partial charge < -0.3 is 0 Å². The predicted octanol–water partition coefficient (Wildman–Crippen LogP) is 2.51. The van der Waals surface area contributed by atoms with Crippen molar-refractivity contribution in [2.75, 3.05) is 6.54 Å². The fourth-order valence-electron chi connectivity index (χ4n) is 3.01. The van der Waals surface area contributed by atoms with E-state index in [4.69, 9.17) is 4.98 Å². The molecule has 1 aliphatic heterocycles. The molecule has 0 amide bonds. The largest absolute Gasteiger partial charge is 0.294 e. The first-order valence-electron chi connectivity index (χ1n) is 8.28. The third-order valence-electron chi connectivity index (χ3n) is 4.30. The summed E-state index contributed by atoms with van der Waals surface area (Å²) in [4.78, 5) is 11.7. The minimum absolute atomic E-state index is 0.928. The van der Waals surface area contributed by atoms with E-state index >= 15 is 0 Å². The van der Waals surface area contributed by atoms with Crippen LogP contribution in [0.25, 0.3) is 0 Å². The first-order valence-corrected chi connectivity index (χ1v) is 8.28. The summed E-state index contributed by atoms with van der Waals surface area (Å²) in [6.07, 6.45) is 7.31. The van der Waals surface area contributed by atoms with E-state index in [1.807, 2.05) is 10.9 Å². The molecule has 0 bridgehead atoms. The number of aryl methyl sites for hydroxylation is 3. The highest BCUT2D eigenvalue weighted by Gasteiger charge is 2.19. The number of hydrogen-bond donors (Lipinski definition) is 0. The van der Waals surface area contributed by atoms with E-state index in [0.29, 0.717) is 0 Å². The van der Waals surface area contributed by atoms with Gasteiger partial charge in [0, 0.05) is 68.2 Å². The smallest absolute Gasteiger partial charge is 0.128 e. The van der Waals surface area contributed by atoms with Crippen molar-refractivity contribution in [3.8, 4) is 0 Å². The number of rotatable bonds is 5. The molecule has 0 spiro atoms. The minimum atomic E-state index is 0.928. The van der Waals surface area contributed by atoms with E-state index in [-0.39, 0.29) is 0 Å². The molecule has 2 aromatic heterocycles. The molecule has 0 saturated carbocycles. The Balaban J connectivity index is 1.70. The molecule has 5 nitrogen and oxygen atoms in total. The van der Waals surface area contributed by atoms with Gasteiger partial charge in [0.15, 0.2) is 0 Å². The molecule has 1 aliphatic rings. The second kappa shape index (κ2) is 6.57. The maximum atomic E-state index is 4.73. The second-order valence-electron chi connectivity index (χ2n) is 6.06. The highest BCUT2D eigenvalue weighted by molar-refractivity contribution is 5.22. The predicted molar refractivity (Wildman–Crippen MR) is 86.5 cm³/mol. The van der Waals surface area contributed by atoms with Crippen LogP contribution < -0.4 is 0 Å². The highest BCUT2D eigenvalue weighted by Crippen LogP contribution is 2.19. The van der Waals surface area contributed by atoms with E-state index in [1.54, 1.807) is 0 Å². The number of hydrogen-bond acceptors (Lipinski definition) is 4. The molecule has 0 fully saturated rings. The molecule has 22 heavy (non-hydrogen) atoms. The van der Waals surface area contributed by atoms with Crippen LogP contribution in [0.3, 0.4) is 0 Å². The first kappa shape index (κ1) is 15.2. The van der Waals surface area contributed by atoms with Gasteiger partial charge in [-0.25, -0.2) is 9.97 Å². The van der Waals surface area contributed by atoms with E-state index in [1.165, 1.54) is 16.8 Å². The lowest BCUT2D eigenvalue weighted by atomic mass is 10.1. The molecular weight excluding hydrogens is 274 g/mol. The monoisotopic (exact) mass is 299 g/mol. The van der Waals surface area contributed by atoms with Gasteiger partial charge >= 0.3 is 0 Å². The van der Waals surface area contributed by atoms with E-state index in [0.717, 1.165) is 57.0 Å². The van der Waals surface area contributed by atoms with E-state index in [2.05, 4.69) is 42.0 Å². The average Bonchev–Trinajstić information content (AvgIpc) is 2.88. The third kappa shape index (κ3) is 3.19. The Morgan fingerprint density at radius 2 is 2.14 bits per heavy atom. The third-order valence-corrected chi connectivity index (χ3v) is 4.30. The van der Waals surface area contributed by atoms with E-state index in [9.17, 15) is 0 Å². The van der Waals surface area contributed by atoms with Gasteiger partial charge in [-0.3, -0.25) is 9.58 Å². The van der Waals surface area contributed by atoms with Crippen LogP contribution in [0.1, 0.15) is 48.6 Å². The van der Waals surface area contributed by atoms with Gasteiger partial charge in [-0.1, -0.05) is 6.92 Å². The molecule has 118 valence electrons. The Morgan fingerprint density at radius 1 is 1.27 bits per heavy atom. The Bertz CT molecular complexity index is 646. The number of fused-ring (bicyclic) bond motifs is 1. The van der Waals surface area contributed by atoms with Gasteiger partial charge in [-0.15, -0.1) is 0 Å². The molecule has 3 heterocycles. The van der Waals surface area contributed by atoms with Gasteiger partial charge in [0.25, 0.3) is 0 Å². The zero-order chi connectivity index (χ0) is 15.5. The summed E-state index contributed by atoms with van der Waals surface area (Å²) in [5, 5.41) is 4.54. The summed E-state index contributed by atoms with van der Waals surface area (Å²) in [5.74, 6) is 0.995. The Hall–Kier alpha value is -1.75. The van der Waals surface area contributed by atoms with Gasteiger partial charge in [-0.2, -0.15) is 5.10 Å². The SMILES string of the molecule is CCCc1ncc2c(n1)CCN(Cc1cn(CC)nc1C)C2. The fourth-order valence-corrected chi connectivity index (χ4v) is 3.01. The van der Waals surface area contributed by atoms with Crippen LogP contribution in [0.5, 0.6) is 0 Å². The van der Waals surface area contributed by atoms with Gasteiger partial charge in [-0.05, 0) is 20.3 Å². The molecular formula is C17H25N5. The molecule has 0 saturated heterocycles. The topological polar surface area (TPSA) is 46.8 Å². The Kier molecular flexibility index (Phi) is 4.52. The molecule has 3 rings (SSSR count). The summed E-state index contributed by atoms with van der Waals surface area (Å²) >= 11 is 0. The van der Waals surface area contributed by atoms with Crippen molar-refractivity contribution in [1.29, 1.82) is 0 Å². The van der Waals surface area contributed by atoms with Gasteiger partial charge in [0.05, 0.1) is 5.69 Å². The normalized spacial score (nSPS) is 15.0. The summed E-state index contributed by atoms with van der Waals surface area (Å²) in [6, 6.07) is 0. The van der Waals surface area contributed by atoms with Crippen LogP contribution in [0.4, 0.5) is 0 Å². The van der Waals surface area contributed by atoms with E-state index < -0.39 is 0 Å².